The Morgan fingerprint density at radius 1 is 1.39 bits per heavy atom. The van der Waals surface area contributed by atoms with Crippen molar-refractivity contribution in [3.63, 3.8) is 0 Å². The lowest BCUT2D eigenvalue weighted by Crippen LogP contribution is -2.36. The normalized spacial score (nSPS) is 23.8. The van der Waals surface area contributed by atoms with E-state index < -0.39 is 0 Å². The van der Waals surface area contributed by atoms with Gasteiger partial charge in [0, 0.05) is 37.6 Å². The van der Waals surface area contributed by atoms with Crippen molar-refractivity contribution in [2.75, 3.05) is 7.11 Å². The highest BCUT2D eigenvalue weighted by Gasteiger charge is 2.26. The van der Waals surface area contributed by atoms with Crippen molar-refractivity contribution in [2.24, 2.45) is 0 Å². The van der Waals surface area contributed by atoms with E-state index in [9.17, 15) is 0 Å². The van der Waals surface area contributed by atoms with Gasteiger partial charge in [-0.25, -0.2) is 0 Å². The molecule has 0 spiro atoms. The van der Waals surface area contributed by atoms with Gasteiger partial charge in [-0.1, -0.05) is 0 Å². The SMILES string of the molecule is CCn1c(C)cc(CNC2CCCC2OC)c1C. The van der Waals surface area contributed by atoms with Gasteiger partial charge in [0.2, 0.25) is 0 Å². The fourth-order valence-corrected chi connectivity index (χ4v) is 3.22. The number of hydrogen-bond acceptors (Lipinski definition) is 2. The van der Waals surface area contributed by atoms with Gasteiger partial charge in [0.05, 0.1) is 6.10 Å². The van der Waals surface area contributed by atoms with Crippen LogP contribution < -0.4 is 5.32 Å². The minimum Gasteiger partial charge on any atom is -0.380 e. The number of aromatic nitrogens is 1. The molecule has 1 N–H and O–H groups in total. The number of rotatable bonds is 5. The summed E-state index contributed by atoms with van der Waals surface area (Å²) in [5.74, 6) is 0. The molecule has 3 heteroatoms. The molecule has 0 aromatic carbocycles. The summed E-state index contributed by atoms with van der Waals surface area (Å²) in [6, 6.07) is 2.84. The lowest BCUT2D eigenvalue weighted by atomic mass is 10.2. The van der Waals surface area contributed by atoms with Crippen molar-refractivity contribution in [1.29, 1.82) is 0 Å². The first-order valence-electron chi connectivity index (χ1n) is 7.09. The summed E-state index contributed by atoms with van der Waals surface area (Å²) in [4.78, 5) is 0. The van der Waals surface area contributed by atoms with Gasteiger partial charge in [-0.05, 0) is 51.7 Å². The Balaban J connectivity index is 1.98. The van der Waals surface area contributed by atoms with E-state index in [2.05, 4.69) is 36.7 Å². The first-order chi connectivity index (χ1) is 8.67. The zero-order valence-electron chi connectivity index (χ0n) is 12.1. The lowest BCUT2D eigenvalue weighted by molar-refractivity contribution is 0.0847. The van der Waals surface area contributed by atoms with Crippen LogP contribution in [0.4, 0.5) is 0 Å². The minimum atomic E-state index is 0.402. The Morgan fingerprint density at radius 3 is 2.78 bits per heavy atom. The molecule has 18 heavy (non-hydrogen) atoms. The molecule has 1 fully saturated rings. The summed E-state index contributed by atoms with van der Waals surface area (Å²) in [6.45, 7) is 8.63. The predicted octanol–water partition coefficient (Wildman–Crippen LogP) is 2.78. The molecule has 102 valence electrons. The zero-order chi connectivity index (χ0) is 13.1. The molecule has 2 rings (SSSR count). The monoisotopic (exact) mass is 250 g/mol. The molecule has 1 saturated carbocycles. The summed E-state index contributed by atoms with van der Waals surface area (Å²) in [7, 11) is 1.83. The number of hydrogen-bond donors (Lipinski definition) is 1. The van der Waals surface area contributed by atoms with Crippen LogP contribution in [0.5, 0.6) is 0 Å². The second-order valence-corrected chi connectivity index (χ2v) is 5.33. The largest absolute Gasteiger partial charge is 0.380 e. The quantitative estimate of drug-likeness (QED) is 0.869. The van der Waals surface area contributed by atoms with E-state index in [1.807, 2.05) is 7.11 Å². The van der Waals surface area contributed by atoms with Crippen molar-refractivity contribution >= 4 is 0 Å². The second-order valence-electron chi connectivity index (χ2n) is 5.33. The molecule has 1 aliphatic carbocycles. The average molecular weight is 250 g/mol. The first kappa shape index (κ1) is 13.6. The third-order valence-corrected chi connectivity index (χ3v) is 4.30. The Hall–Kier alpha value is -0.800. The second kappa shape index (κ2) is 5.89. The van der Waals surface area contributed by atoms with E-state index in [0.717, 1.165) is 13.1 Å². The molecule has 2 unspecified atom stereocenters. The van der Waals surface area contributed by atoms with Crippen LogP contribution in [0, 0.1) is 13.8 Å². The molecule has 0 bridgehead atoms. The number of nitrogens with one attached hydrogen (secondary N) is 1. The Bertz CT molecular complexity index is 397. The van der Waals surface area contributed by atoms with Crippen molar-refractivity contribution in [3.05, 3.63) is 23.0 Å². The Labute approximate surface area is 111 Å². The maximum Gasteiger partial charge on any atom is 0.0724 e. The summed E-state index contributed by atoms with van der Waals surface area (Å²) in [6.07, 6.45) is 4.12. The first-order valence-corrected chi connectivity index (χ1v) is 7.09. The average Bonchev–Trinajstić information content (AvgIpc) is 2.91. The van der Waals surface area contributed by atoms with Gasteiger partial charge in [0.1, 0.15) is 0 Å². The maximum absolute atomic E-state index is 5.52. The molecular weight excluding hydrogens is 224 g/mol. The fourth-order valence-electron chi connectivity index (χ4n) is 3.22. The molecule has 1 heterocycles. The standard InChI is InChI=1S/C15H26N2O/c1-5-17-11(2)9-13(12(17)3)10-16-14-7-6-8-15(14)18-4/h9,14-16H,5-8,10H2,1-4H3. The number of ether oxygens (including phenoxy) is 1. The molecule has 0 aliphatic heterocycles. The van der Waals surface area contributed by atoms with Crippen LogP contribution in [0.3, 0.4) is 0 Å². The van der Waals surface area contributed by atoms with E-state index in [1.54, 1.807) is 0 Å². The molecule has 0 amide bonds. The Kier molecular flexibility index (Phi) is 4.46. The van der Waals surface area contributed by atoms with E-state index in [1.165, 1.54) is 36.2 Å². The number of nitrogens with zero attached hydrogens (tertiary/aromatic N) is 1. The van der Waals surface area contributed by atoms with Crippen LogP contribution in [0.15, 0.2) is 6.07 Å². The smallest absolute Gasteiger partial charge is 0.0724 e. The Morgan fingerprint density at radius 2 is 2.17 bits per heavy atom. The molecule has 0 radical (unpaired) electrons. The van der Waals surface area contributed by atoms with Crippen molar-refractivity contribution in [1.82, 2.24) is 9.88 Å². The third-order valence-electron chi connectivity index (χ3n) is 4.30. The van der Waals surface area contributed by atoms with Crippen molar-refractivity contribution in [3.8, 4) is 0 Å². The summed E-state index contributed by atoms with van der Waals surface area (Å²) < 4.78 is 7.90. The fraction of sp³-hybridized carbons (Fsp3) is 0.733. The highest BCUT2D eigenvalue weighted by molar-refractivity contribution is 5.26. The van der Waals surface area contributed by atoms with E-state index >= 15 is 0 Å². The van der Waals surface area contributed by atoms with Crippen LogP contribution in [0.25, 0.3) is 0 Å². The van der Waals surface area contributed by atoms with Crippen LogP contribution >= 0.6 is 0 Å². The highest BCUT2D eigenvalue weighted by Crippen LogP contribution is 2.22. The number of aryl methyl sites for hydroxylation is 1. The molecular formula is C15H26N2O. The van der Waals surface area contributed by atoms with Crippen molar-refractivity contribution < 1.29 is 4.74 Å². The van der Waals surface area contributed by atoms with Crippen LogP contribution in [0.1, 0.15) is 43.1 Å². The maximum atomic E-state index is 5.52. The molecule has 1 aromatic rings. The molecule has 0 saturated heterocycles. The number of methoxy groups -OCH3 is 1. The van der Waals surface area contributed by atoms with E-state index in [0.29, 0.717) is 12.1 Å². The molecule has 1 aromatic heterocycles. The highest BCUT2D eigenvalue weighted by atomic mass is 16.5. The summed E-state index contributed by atoms with van der Waals surface area (Å²) in [5, 5.41) is 3.67. The molecule has 3 nitrogen and oxygen atoms in total. The summed E-state index contributed by atoms with van der Waals surface area (Å²) >= 11 is 0. The molecule has 1 aliphatic rings. The van der Waals surface area contributed by atoms with Gasteiger partial charge in [0.25, 0.3) is 0 Å². The topological polar surface area (TPSA) is 26.2 Å². The van der Waals surface area contributed by atoms with Crippen LogP contribution in [0.2, 0.25) is 0 Å². The van der Waals surface area contributed by atoms with Gasteiger partial charge in [-0.2, -0.15) is 0 Å². The lowest BCUT2D eigenvalue weighted by Gasteiger charge is -2.19. The van der Waals surface area contributed by atoms with E-state index in [-0.39, 0.29) is 0 Å². The predicted molar refractivity (Wildman–Crippen MR) is 74.9 cm³/mol. The van der Waals surface area contributed by atoms with Crippen LogP contribution in [-0.2, 0) is 17.8 Å². The van der Waals surface area contributed by atoms with Gasteiger partial charge in [-0.3, -0.25) is 0 Å². The third kappa shape index (κ3) is 2.62. The van der Waals surface area contributed by atoms with Gasteiger partial charge in [-0.15, -0.1) is 0 Å². The van der Waals surface area contributed by atoms with Gasteiger partial charge < -0.3 is 14.6 Å². The molecule has 2 atom stereocenters. The zero-order valence-corrected chi connectivity index (χ0v) is 12.1. The van der Waals surface area contributed by atoms with Crippen LogP contribution in [-0.4, -0.2) is 23.8 Å². The van der Waals surface area contributed by atoms with Gasteiger partial charge >= 0.3 is 0 Å². The summed E-state index contributed by atoms with van der Waals surface area (Å²) in [5.41, 5.74) is 4.19. The van der Waals surface area contributed by atoms with Gasteiger partial charge in [0.15, 0.2) is 0 Å². The van der Waals surface area contributed by atoms with E-state index in [4.69, 9.17) is 4.74 Å². The minimum absolute atomic E-state index is 0.402. The van der Waals surface area contributed by atoms with Crippen molar-refractivity contribution in [2.45, 2.75) is 65.3 Å².